The van der Waals surface area contributed by atoms with Crippen LogP contribution in [0.4, 0.5) is 0 Å². The Kier molecular flexibility index (Phi) is 12.7. The maximum absolute atomic E-state index is 14.5. The average Bonchev–Trinajstić information content (AvgIpc) is 3.04. The maximum atomic E-state index is 14.5. The number of likely N-dealkylation sites (tertiary alicyclic amines) is 1. The smallest absolute Gasteiger partial charge is 0.245 e. The molecular weight excluding hydrogens is 586 g/mol. The lowest BCUT2D eigenvalue weighted by Gasteiger charge is -2.39. The number of hydrogen-bond donors (Lipinski definition) is 2. The van der Waals surface area contributed by atoms with Crippen LogP contribution in [0.2, 0.25) is 0 Å². The van der Waals surface area contributed by atoms with Gasteiger partial charge in [-0.3, -0.25) is 14.4 Å². The number of nitrogens with one attached hydrogen (secondary N) is 1. The second-order valence-electron chi connectivity index (χ2n) is 14.1. The molecule has 3 amide bonds. The van der Waals surface area contributed by atoms with E-state index >= 15 is 0 Å². The highest BCUT2D eigenvalue weighted by atomic mass is 16.2. The number of nitrogens with zero attached hydrogens (tertiary/aromatic N) is 3. The zero-order valence-electron chi connectivity index (χ0n) is 28.8. The number of fused-ring (bicyclic) bond motifs is 1. The first-order chi connectivity index (χ1) is 22.4. The molecule has 252 valence electrons. The van der Waals surface area contributed by atoms with Gasteiger partial charge in [0.05, 0.1) is 5.92 Å². The molecule has 1 aliphatic heterocycles. The van der Waals surface area contributed by atoms with Gasteiger partial charge in [0.25, 0.3) is 0 Å². The Morgan fingerprint density at radius 1 is 0.957 bits per heavy atom. The molecule has 8 nitrogen and oxygen atoms in total. The van der Waals surface area contributed by atoms with Gasteiger partial charge in [-0.05, 0) is 87.5 Å². The van der Waals surface area contributed by atoms with Crippen molar-refractivity contribution in [2.45, 2.75) is 57.5 Å². The number of piperidine rings is 1. The van der Waals surface area contributed by atoms with Crippen LogP contribution in [0.25, 0.3) is 10.8 Å². The normalized spacial score (nSPS) is 16.7. The molecule has 0 aliphatic carbocycles. The van der Waals surface area contributed by atoms with Crippen molar-refractivity contribution in [3.63, 3.8) is 0 Å². The zero-order chi connectivity index (χ0) is 34.0. The van der Waals surface area contributed by atoms with Gasteiger partial charge in [-0.25, -0.2) is 0 Å². The monoisotopic (exact) mass is 639 g/mol. The van der Waals surface area contributed by atoms with E-state index in [4.69, 9.17) is 5.73 Å². The number of hydrogen-bond acceptors (Lipinski definition) is 5. The Morgan fingerprint density at radius 2 is 1.66 bits per heavy atom. The predicted octanol–water partition coefficient (Wildman–Crippen LogP) is 4.67. The number of carbonyl (C=O) groups excluding carboxylic acids is 3. The summed E-state index contributed by atoms with van der Waals surface area (Å²) in [7, 11) is 5.87. The Labute approximate surface area is 281 Å². The summed E-state index contributed by atoms with van der Waals surface area (Å²) < 4.78 is 0. The van der Waals surface area contributed by atoms with Gasteiger partial charge >= 0.3 is 0 Å². The van der Waals surface area contributed by atoms with E-state index in [1.54, 1.807) is 18.0 Å². The lowest BCUT2D eigenvalue weighted by molar-refractivity contribution is -0.147. The van der Waals surface area contributed by atoms with Crippen molar-refractivity contribution in [1.29, 1.82) is 0 Å². The first-order valence-corrected chi connectivity index (χ1v) is 16.8. The molecule has 0 saturated carbocycles. The summed E-state index contributed by atoms with van der Waals surface area (Å²) in [6.45, 7) is 6.26. The number of carbonyl (C=O) groups is 3. The molecule has 1 saturated heterocycles. The fourth-order valence-corrected chi connectivity index (χ4v) is 6.46. The molecule has 0 aromatic heterocycles. The molecule has 47 heavy (non-hydrogen) atoms. The largest absolute Gasteiger partial charge is 0.352 e. The van der Waals surface area contributed by atoms with Gasteiger partial charge in [0.15, 0.2) is 0 Å². The summed E-state index contributed by atoms with van der Waals surface area (Å²) in [5.41, 5.74) is 7.64. The third-order valence-electron chi connectivity index (χ3n) is 8.91. The lowest BCUT2D eigenvalue weighted by atomic mass is 9.93. The van der Waals surface area contributed by atoms with E-state index in [1.165, 1.54) is 6.08 Å². The number of benzene rings is 3. The molecule has 1 heterocycles. The van der Waals surface area contributed by atoms with Crippen LogP contribution < -0.4 is 11.1 Å². The zero-order valence-corrected chi connectivity index (χ0v) is 28.8. The molecule has 4 rings (SSSR count). The topological polar surface area (TPSA) is 99.0 Å². The van der Waals surface area contributed by atoms with E-state index in [0.29, 0.717) is 38.3 Å². The Bertz CT molecular complexity index is 1510. The Balaban J connectivity index is 1.59. The number of likely N-dealkylation sites (N-methyl/N-ethyl adjacent to an activating group) is 1. The minimum Gasteiger partial charge on any atom is -0.352 e. The van der Waals surface area contributed by atoms with Crippen molar-refractivity contribution in [2.75, 3.05) is 47.3 Å². The number of rotatable bonds is 14. The van der Waals surface area contributed by atoms with Gasteiger partial charge in [-0.2, -0.15) is 0 Å². The van der Waals surface area contributed by atoms with E-state index in [1.807, 2.05) is 67.3 Å². The van der Waals surface area contributed by atoms with E-state index < -0.39 is 17.5 Å². The fraction of sp³-hybridized carbons (Fsp3) is 0.462. The van der Waals surface area contributed by atoms with Gasteiger partial charge in [-0.15, -0.1) is 0 Å². The first-order valence-electron chi connectivity index (χ1n) is 16.8. The highest BCUT2D eigenvalue weighted by molar-refractivity contribution is 5.91. The minimum atomic E-state index is -0.663. The van der Waals surface area contributed by atoms with Crippen molar-refractivity contribution in [3.05, 3.63) is 96.1 Å². The van der Waals surface area contributed by atoms with Gasteiger partial charge in [0.1, 0.15) is 6.04 Å². The molecule has 8 heteroatoms. The first kappa shape index (κ1) is 35.8. The fourth-order valence-electron chi connectivity index (χ4n) is 6.46. The van der Waals surface area contributed by atoms with Crippen LogP contribution >= 0.6 is 0 Å². The molecule has 0 radical (unpaired) electrons. The number of amides is 3. The van der Waals surface area contributed by atoms with Crippen LogP contribution in [0.1, 0.15) is 44.2 Å². The molecule has 0 bridgehead atoms. The standard InChI is InChI=1S/C39H53N5O3/c1-39(2,40)21-11-18-36(45)41-26-34(24-30-19-20-32-16-9-10-17-33(32)23-30)37(46)43(5)35(25-29-13-7-6-8-14-29)38(47)44-22-12-15-31(28-44)27-42(3)4/h6-11,13-14,16-20,23,31,34-35H,12,15,21-22,24-28,40H2,1-5H3,(H,41,45)/t31-,34+,35+/m0/s1. The van der Waals surface area contributed by atoms with Crippen molar-refractivity contribution in [2.24, 2.45) is 17.6 Å². The summed E-state index contributed by atoms with van der Waals surface area (Å²) in [5, 5.41) is 5.17. The summed E-state index contributed by atoms with van der Waals surface area (Å²) in [5.74, 6) is -0.630. The summed E-state index contributed by atoms with van der Waals surface area (Å²) in [6.07, 6.45) is 6.68. The Hall–Kier alpha value is -4.01. The second kappa shape index (κ2) is 16.7. The minimum absolute atomic E-state index is 0.0195. The molecule has 3 atom stereocenters. The molecule has 1 fully saturated rings. The maximum Gasteiger partial charge on any atom is 0.245 e. The number of nitrogens with two attached hydrogens (primary N) is 1. The van der Waals surface area contributed by atoms with Crippen molar-refractivity contribution in [1.82, 2.24) is 20.0 Å². The average molecular weight is 640 g/mol. The van der Waals surface area contributed by atoms with Crippen LogP contribution in [-0.4, -0.2) is 91.3 Å². The predicted molar refractivity (Wildman–Crippen MR) is 191 cm³/mol. The van der Waals surface area contributed by atoms with Crippen LogP contribution in [-0.2, 0) is 27.2 Å². The van der Waals surface area contributed by atoms with E-state index in [9.17, 15) is 14.4 Å². The molecule has 0 unspecified atom stereocenters. The van der Waals surface area contributed by atoms with Crippen LogP contribution in [0.15, 0.2) is 84.9 Å². The summed E-state index contributed by atoms with van der Waals surface area (Å²) in [6, 6.07) is 23.6. The highest BCUT2D eigenvalue weighted by Gasteiger charge is 2.36. The molecular formula is C39H53N5O3. The van der Waals surface area contributed by atoms with Crippen LogP contribution in [0, 0.1) is 11.8 Å². The molecule has 0 spiro atoms. The van der Waals surface area contributed by atoms with Crippen molar-refractivity contribution in [3.8, 4) is 0 Å². The van der Waals surface area contributed by atoms with Crippen LogP contribution in [0.3, 0.4) is 0 Å². The van der Waals surface area contributed by atoms with Crippen molar-refractivity contribution < 1.29 is 14.4 Å². The SMILES string of the molecule is CN(C)C[C@@H]1CCCN(C(=O)[C@@H](Cc2ccccc2)N(C)C(=O)[C@@H](CNC(=O)C=CCC(C)(C)N)Cc2ccc3ccccc3c2)C1. The molecule has 3 aromatic carbocycles. The molecule has 1 aliphatic rings. The van der Waals surface area contributed by atoms with E-state index in [2.05, 4.69) is 48.6 Å². The van der Waals surface area contributed by atoms with Crippen LogP contribution in [0.5, 0.6) is 0 Å². The summed E-state index contributed by atoms with van der Waals surface area (Å²) >= 11 is 0. The van der Waals surface area contributed by atoms with Gasteiger partial charge in [0.2, 0.25) is 17.7 Å². The quantitative estimate of drug-likeness (QED) is 0.250. The molecule has 3 N–H and O–H groups in total. The Morgan fingerprint density at radius 3 is 2.36 bits per heavy atom. The van der Waals surface area contributed by atoms with Gasteiger partial charge in [0, 0.05) is 45.2 Å². The van der Waals surface area contributed by atoms with Gasteiger partial charge in [-0.1, -0.05) is 78.9 Å². The summed E-state index contributed by atoms with van der Waals surface area (Å²) in [4.78, 5) is 47.4. The second-order valence-corrected chi connectivity index (χ2v) is 14.1. The van der Waals surface area contributed by atoms with E-state index in [-0.39, 0.29) is 24.3 Å². The van der Waals surface area contributed by atoms with Gasteiger partial charge < -0.3 is 25.8 Å². The van der Waals surface area contributed by atoms with Crippen molar-refractivity contribution >= 4 is 28.5 Å². The third-order valence-corrected chi connectivity index (χ3v) is 8.91. The lowest BCUT2D eigenvalue weighted by Crippen LogP contribution is -2.55. The molecule has 3 aromatic rings. The highest BCUT2D eigenvalue weighted by Crippen LogP contribution is 2.23. The third kappa shape index (κ3) is 11.0. The van der Waals surface area contributed by atoms with E-state index in [0.717, 1.165) is 41.3 Å².